The van der Waals surface area contributed by atoms with Gasteiger partial charge in [-0.15, -0.1) is 0 Å². The summed E-state index contributed by atoms with van der Waals surface area (Å²) in [4.78, 5) is 10.1. The maximum Gasteiger partial charge on any atom is 0.272 e. The SMILES string of the molecule is O=[N+]([O-])c1cc(F)cc(CNC2CCOC2C2CC2)c1. The minimum absolute atomic E-state index is 0.205. The Morgan fingerprint density at radius 2 is 2.15 bits per heavy atom. The van der Waals surface area contributed by atoms with Gasteiger partial charge in [0.1, 0.15) is 5.82 Å². The lowest BCUT2D eigenvalue weighted by Gasteiger charge is -2.19. The number of benzene rings is 1. The van der Waals surface area contributed by atoms with Gasteiger partial charge >= 0.3 is 0 Å². The van der Waals surface area contributed by atoms with E-state index < -0.39 is 10.7 Å². The lowest BCUT2D eigenvalue weighted by atomic mass is 10.1. The van der Waals surface area contributed by atoms with Gasteiger partial charge in [-0.25, -0.2) is 4.39 Å². The molecule has 20 heavy (non-hydrogen) atoms. The first-order chi connectivity index (χ1) is 9.63. The lowest BCUT2D eigenvalue weighted by Crippen LogP contribution is -2.37. The highest BCUT2D eigenvalue weighted by Crippen LogP contribution is 2.38. The summed E-state index contributed by atoms with van der Waals surface area (Å²) in [5.74, 6) is 0.0780. The van der Waals surface area contributed by atoms with Gasteiger partial charge in [0.2, 0.25) is 0 Å². The van der Waals surface area contributed by atoms with Gasteiger partial charge in [0.15, 0.2) is 0 Å². The number of non-ortho nitro benzene ring substituents is 1. The smallest absolute Gasteiger partial charge is 0.272 e. The molecule has 6 heteroatoms. The third kappa shape index (κ3) is 2.96. The second-order valence-corrected chi connectivity index (χ2v) is 5.52. The van der Waals surface area contributed by atoms with Crippen LogP contribution in [0.25, 0.3) is 0 Å². The molecule has 2 aliphatic rings. The number of halogens is 1. The number of nitrogens with zero attached hydrogens (tertiary/aromatic N) is 1. The highest BCUT2D eigenvalue weighted by atomic mass is 19.1. The standard InChI is InChI=1S/C14H17FN2O3/c15-11-5-9(6-12(7-11)17(18)19)8-16-13-3-4-20-14(13)10-1-2-10/h5-7,10,13-14,16H,1-4,8H2. The Bertz CT molecular complexity index is 519. The molecular formula is C14H17FN2O3. The molecule has 2 atom stereocenters. The maximum absolute atomic E-state index is 13.3. The quantitative estimate of drug-likeness (QED) is 0.664. The Morgan fingerprint density at radius 1 is 1.35 bits per heavy atom. The van der Waals surface area contributed by atoms with Gasteiger partial charge in [-0.05, 0) is 36.8 Å². The van der Waals surface area contributed by atoms with E-state index >= 15 is 0 Å². The number of nitrogens with one attached hydrogen (secondary N) is 1. The molecule has 0 spiro atoms. The third-order valence-electron chi connectivity index (χ3n) is 3.94. The predicted octanol–water partition coefficient (Wildman–Crippen LogP) is 2.39. The van der Waals surface area contributed by atoms with E-state index in [-0.39, 0.29) is 17.8 Å². The summed E-state index contributed by atoms with van der Waals surface area (Å²) in [7, 11) is 0. The van der Waals surface area contributed by atoms with Gasteiger partial charge in [-0.1, -0.05) is 0 Å². The van der Waals surface area contributed by atoms with Crippen LogP contribution >= 0.6 is 0 Å². The van der Waals surface area contributed by atoms with Gasteiger partial charge < -0.3 is 10.1 Å². The molecule has 5 nitrogen and oxygen atoms in total. The summed E-state index contributed by atoms with van der Waals surface area (Å²) in [5, 5.41) is 14.1. The van der Waals surface area contributed by atoms with Crippen LogP contribution in [-0.4, -0.2) is 23.7 Å². The van der Waals surface area contributed by atoms with Crippen LogP contribution in [0.4, 0.5) is 10.1 Å². The fourth-order valence-corrected chi connectivity index (χ4v) is 2.81. The molecule has 3 rings (SSSR count). The first-order valence-electron chi connectivity index (χ1n) is 6.92. The topological polar surface area (TPSA) is 64.4 Å². The van der Waals surface area contributed by atoms with E-state index in [1.54, 1.807) is 0 Å². The van der Waals surface area contributed by atoms with Crippen LogP contribution in [0.1, 0.15) is 24.8 Å². The fourth-order valence-electron chi connectivity index (χ4n) is 2.81. The third-order valence-corrected chi connectivity index (χ3v) is 3.94. The minimum Gasteiger partial charge on any atom is -0.376 e. The number of rotatable bonds is 5. The minimum atomic E-state index is -0.572. The van der Waals surface area contributed by atoms with Crippen molar-refractivity contribution in [2.75, 3.05) is 6.61 Å². The summed E-state index contributed by atoms with van der Waals surface area (Å²) in [6.07, 6.45) is 3.62. The molecule has 2 fully saturated rings. The number of nitro groups is 1. The van der Waals surface area contributed by atoms with Gasteiger partial charge in [0.05, 0.1) is 17.1 Å². The molecule has 0 aromatic heterocycles. The van der Waals surface area contributed by atoms with E-state index in [0.717, 1.165) is 19.1 Å². The van der Waals surface area contributed by atoms with Gasteiger partial charge in [-0.2, -0.15) is 0 Å². The molecule has 1 aliphatic heterocycles. The monoisotopic (exact) mass is 280 g/mol. The molecule has 1 aliphatic carbocycles. The second kappa shape index (κ2) is 5.46. The number of hydrogen-bond donors (Lipinski definition) is 1. The first kappa shape index (κ1) is 13.5. The van der Waals surface area contributed by atoms with E-state index in [2.05, 4.69) is 5.32 Å². The summed E-state index contributed by atoms with van der Waals surface area (Å²) in [6, 6.07) is 3.96. The summed E-state index contributed by atoms with van der Waals surface area (Å²) >= 11 is 0. The molecule has 2 unspecified atom stereocenters. The van der Waals surface area contributed by atoms with E-state index in [4.69, 9.17) is 4.74 Å². The highest BCUT2D eigenvalue weighted by Gasteiger charge is 2.40. The fraction of sp³-hybridized carbons (Fsp3) is 0.571. The van der Waals surface area contributed by atoms with Crippen molar-refractivity contribution in [2.24, 2.45) is 5.92 Å². The molecule has 1 N–H and O–H groups in total. The average Bonchev–Trinajstić information content (AvgIpc) is 3.15. The molecule has 1 aromatic rings. The summed E-state index contributed by atoms with van der Waals surface area (Å²) < 4.78 is 19.1. The van der Waals surface area contributed by atoms with Crippen molar-refractivity contribution in [3.05, 3.63) is 39.7 Å². The van der Waals surface area contributed by atoms with Crippen molar-refractivity contribution in [1.82, 2.24) is 5.32 Å². The van der Waals surface area contributed by atoms with Crippen molar-refractivity contribution in [2.45, 2.75) is 38.0 Å². The zero-order chi connectivity index (χ0) is 14.1. The molecule has 0 amide bonds. The Balaban J connectivity index is 1.64. The largest absolute Gasteiger partial charge is 0.376 e. The van der Waals surface area contributed by atoms with Crippen LogP contribution in [0.3, 0.4) is 0 Å². The van der Waals surface area contributed by atoms with Crippen molar-refractivity contribution in [3.63, 3.8) is 0 Å². The van der Waals surface area contributed by atoms with Crippen molar-refractivity contribution in [1.29, 1.82) is 0 Å². The van der Waals surface area contributed by atoms with E-state index in [0.29, 0.717) is 18.0 Å². The zero-order valence-electron chi connectivity index (χ0n) is 11.0. The predicted molar refractivity (Wildman–Crippen MR) is 70.8 cm³/mol. The van der Waals surface area contributed by atoms with E-state index in [1.165, 1.54) is 25.0 Å². The highest BCUT2D eigenvalue weighted by molar-refractivity contribution is 5.35. The van der Waals surface area contributed by atoms with Crippen LogP contribution in [0.5, 0.6) is 0 Å². The van der Waals surface area contributed by atoms with Crippen molar-refractivity contribution >= 4 is 5.69 Å². The van der Waals surface area contributed by atoms with Gasteiger partial charge in [0.25, 0.3) is 5.69 Å². The molecule has 1 heterocycles. The Hall–Kier alpha value is -1.53. The molecule has 0 bridgehead atoms. The summed E-state index contributed by atoms with van der Waals surface area (Å²) in [6.45, 7) is 1.18. The number of nitro benzene ring substituents is 1. The van der Waals surface area contributed by atoms with Crippen molar-refractivity contribution in [3.8, 4) is 0 Å². The molecule has 1 saturated heterocycles. The number of hydrogen-bond acceptors (Lipinski definition) is 4. The number of ether oxygens (including phenoxy) is 1. The maximum atomic E-state index is 13.3. The van der Waals surface area contributed by atoms with Crippen LogP contribution in [0.15, 0.2) is 18.2 Å². The van der Waals surface area contributed by atoms with Gasteiger partial charge in [-0.3, -0.25) is 10.1 Å². The Morgan fingerprint density at radius 3 is 2.85 bits per heavy atom. The zero-order valence-corrected chi connectivity index (χ0v) is 11.0. The van der Waals surface area contributed by atoms with Crippen LogP contribution in [-0.2, 0) is 11.3 Å². The lowest BCUT2D eigenvalue weighted by molar-refractivity contribution is -0.385. The second-order valence-electron chi connectivity index (χ2n) is 5.52. The Labute approximate surface area is 116 Å². The molecule has 108 valence electrons. The van der Waals surface area contributed by atoms with Crippen LogP contribution < -0.4 is 5.32 Å². The normalized spacial score (nSPS) is 25.9. The molecular weight excluding hydrogens is 263 g/mol. The average molecular weight is 280 g/mol. The van der Waals surface area contributed by atoms with E-state index in [1.807, 2.05) is 0 Å². The van der Waals surface area contributed by atoms with E-state index in [9.17, 15) is 14.5 Å². The molecule has 0 radical (unpaired) electrons. The summed E-state index contributed by atoms with van der Waals surface area (Å²) in [5.41, 5.74) is 0.390. The van der Waals surface area contributed by atoms with Gasteiger partial charge in [0, 0.05) is 25.3 Å². The van der Waals surface area contributed by atoms with Crippen LogP contribution in [0, 0.1) is 21.8 Å². The Kier molecular flexibility index (Phi) is 3.67. The van der Waals surface area contributed by atoms with Crippen molar-refractivity contribution < 1.29 is 14.1 Å². The van der Waals surface area contributed by atoms with Crippen LogP contribution in [0.2, 0.25) is 0 Å². The molecule has 1 saturated carbocycles. The molecule has 1 aromatic carbocycles. The first-order valence-corrected chi connectivity index (χ1v) is 6.92.